The molecule has 0 atom stereocenters. The average molecular weight is 327 g/mol. The molecule has 3 rings (SSSR count). The van der Waals surface area contributed by atoms with Crippen LogP contribution in [-0.4, -0.2) is 35.7 Å². The van der Waals surface area contributed by atoms with Crippen LogP contribution in [0, 0.1) is 6.92 Å². The lowest BCUT2D eigenvalue weighted by Gasteiger charge is -2.18. The van der Waals surface area contributed by atoms with Crippen LogP contribution in [0.5, 0.6) is 5.88 Å². The van der Waals surface area contributed by atoms with Gasteiger partial charge >= 0.3 is 5.97 Å². The first-order valence-corrected chi connectivity index (χ1v) is 8.18. The third kappa shape index (κ3) is 3.04. The van der Waals surface area contributed by atoms with Crippen molar-refractivity contribution < 1.29 is 14.3 Å². The molecule has 1 aliphatic heterocycles. The highest BCUT2D eigenvalue weighted by molar-refractivity contribution is 5.91. The van der Waals surface area contributed by atoms with E-state index in [1.165, 1.54) is 17.3 Å². The van der Waals surface area contributed by atoms with Gasteiger partial charge in [-0.15, -0.1) is 0 Å². The molecule has 2 aromatic rings. The van der Waals surface area contributed by atoms with Crippen molar-refractivity contribution in [3.8, 4) is 5.88 Å². The molecule has 0 saturated carbocycles. The zero-order valence-corrected chi connectivity index (χ0v) is 14.2. The number of anilines is 2. The van der Waals surface area contributed by atoms with Gasteiger partial charge in [0.1, 0.15) is 5.56 Å². The van der Waals surface area contributed by atoms with E-state index >= 15 is 0 Å². The SMILES string of the molecule is CCOC(=O)c1cnc(N2CCc3cc(C)ccc32)nc1OCC. The van der Waals surface area contributed by atoms with Crippen molar-refractivity contribution in [3.63, 3.8) is 0 Å². The first-order chi connectivity index (χ1) is 11.6. The molecule has 6 heteroatoms. The fourth-order valence-corrected chi connectivity index (χ4v) is 2.82. The standard InChI is InChI=1S/C18H21N3O3/c1-4-23-16-14(17(22)24-5-2)11-19-18(20-16)21-9-8-13-10-12(3)6-7-15(13)21/h6-7,10-11H,4-5,8-9H2,1-3H3. The summed E-state index contributed by atoms with van der Waals surface area (Å²) in [6, 6.07) is 6.35. The molecule has 6 nitrogen and oxygen atoms in total. The number of aromatic nitrogens is 2. The van der Waals surface area contributed by atoms with E-state index in [4.69, 9.17) is 9.47 Å². The molecule has 0 fully saturated rings. The van der Waals surface area contributed by atoms with Crippen LogP contribution in [-0.2, 0) is 11.2 Å². The number of rotatable bonds is 5. The molecule has 2 heterocycles. The topological polar surface area (TPSA) is 64.5 Å². The van der Waals surface area contributed by atoms with Gasteiger partial charge in [-0.3, -0.25) is 0 Å². The molecule has 0 unspecified atom stereocenters. The highest BCUT2D eigenvalue weighted by Crippen LogP contribution is 2.34. The third-order valence-corrected chi connectivity index (χ3v) is 3.89. The number of esters is 1. The molecule has 24 heavy (non-hydrogen) atoms. The largest absolute Gasteiger partial charge is 0.477 e. The number of carbonyl (C=O) groups excluding carboxylic acids is 1. The number of hydrogen-bond donors (Lipinski definition) is 0. The Kier molecular flexibility index (Phi) is 4.64. The molecule has 1 aromatic carbocycles. The van der Waals surface area contributed by atoms with E-state index < -0.39 is 5.97 Å². The normalized spacial score (nSPS) is 12.9. The maximum atomic E-state index is 12.0. The summed E-state index contributed by atoms with van der Waals surface area (Å²) in [5.41, 5.74) is 3.88. The number of fused-ring (bicyclic) bond motifs is 1. The summed E-state index contributed by atoms with van der Waals surface area (Å²) in [6.45, 7) is 7.22. The summed E-state index contributed by atoms with van der Waals surface area (Å²) in [5, 5.41) is 0. The maximum absolute atomic E-state index is 12.0. The molecule has 0 bridgehead atoms. The van der Waals surface area contributed by atoms with E-state index in [0.717, 1.165) is 18.7 Å². The van der Waals surface area contributed by atoms with Crippen LogP contribution in [0.1, 0.15) is 35.3 Å². The average Bonchev–Trinajstić information content (AvgIpc) is 2.98. The quantitative estimate of drug-likeness (QED) is 0.787. The second-order valence-corrected chi connectivity index (χ2v) is 5.58. The van der Waals surface area contributed by atoms with Gasteiger partial charge in [0.2, 0.25) is 11.8 Å². The Bertz CT molecular complexity index is 761. The van der Waals surface area contributed by atoms with Crippen molar-refractivity contribution in [2.24, 2.45) is 0 Å². The van der Waals surface area contributed by atoms with Gasteiger partial charge in [-0.05, 0) is 38.8 Å². The minimum absolute atomic E-state index is 0.255. The van der Waals surface area contributed by atoms with Crippen LogP contribution in [0.25, 0.3) is 0 Å². The van der Waals surface area contributed by atoms with Crippen molar-refractivity contribution >= 4 is 17.6 Å². The van der Waals surface area contributed by atoms with Crippen LogP contribution >= 0.6 is 0 Å². The van der Waals surface area contributed by atoms with Crippen molar-refractivity contribution in [2.75, 3.05) is 24.7 Å². The van der Waals surface area contributed by atoms with Crippen molar-refractivity contribution in [1.29, 1.82) is 0 Å². The number of benzene rings is 1. The van der Waals surface area contributed by atoms with Gasteiger partial charge < -0.3 is 14.4 Å². The molecular weight excluding hydrogens is 306 g/mol. The van der Waals surface area contributed by atoms with Crippen LogP contribution in [0.2, 0.25) is 0 Å². The highest BCUT2D eigenvalue weighted by atomic mass is 16.5. The van der Waals surface area contributed by atoms with Crippen molar-refractivity contribution in [1.82, 2.24) is 9.97 Å². The maximum Gasteiger partial charge on any atom is 0.345 e. The number of ether oxygens (including phenoxy) is 2. The van der Waals surface area contributed by atoms with Crippen molar-refractivity contribution in [2.45, 2.75) is 27.2 Å². The number of carbonyl (C=O) groups is 1. The molecule has 0 radical (unpaired) electrons. The summed E-state index contributed by atoms with van der Waals surface area (Å²) in [4.78, 5) is 22.9. The zero-order chi connectivity index (χ0) is 17.1. The highest BCUT2D eigenvalue weighted by Gasteiger charge is 2.25. The van der Waals surface area contributed by atoms with E-state index in [-0.39, 0.29) is 11.4 Å². The lowest BCUT2D eigenvalue weighted by molar-refractivity contribution is 0.0520. The molecule has 0 spiro atoms. The van der Waals surface area contributed by atoms with Crippen molar-refractivity contribution in [3.05, 3.63) is 41.1 Å². The van der Waals surface area contributed by atoms with Gasteiger partial charge in [0.25, 0.3) is 0 Å². The van der Waals surface area contributed by atoms with Gasteiger partial charge in [-0.25, -0.2) is 9.78 Å². The lowest BCUT2D eigenvalue weighted by Crippen LogP contribution is -2.18. The smallest absolute Gasteiger partial charge is 0.345 e. The molecule has 1 aromatic heterocycles. The minimum Gasteiger partial charge on any atom is -0.477 e. The van der Waals surface area contributed by atoms with E-state index in [9.17, 15) is 4.79 Å². The van der Waals surface area contributed by atoms with Gasteiger partial charge in [0.05, 0.1) is 19.4 Å². The second-order valence-electron chi connectivity index (χ2n) is 5.58. The van der Waals surface area contributed by atoms with Crippen LogP contribution in [0.3, 0.4) is 0 Å². The molecule has 1 aliphatic rings. The summed E-state index contributed by atoms with van der Waals surface area (Å²) < 4.78 is 10.6. The molecule has 0 N–H and O–H groups in total. The van der Waals surface area contributed by atoms with Gasteiger partial charge in [0, 0.05) is 12.2 Å². The fourth-order valence-electron chi connectivity index (χ4n) is 2.82. The Morgan fingerprint density at radius 3 is 2.88 bits per heavy atom. The summed E-state index contributed by atoms with van der Waals surface area (Å²) in [7, 11) is 0. The molecule has 0 amide bonds. The van der Waals surface area contributed by atoms with Crippen LogP contribution in [0.4, 0.5) is 11.6 Å². The molecular formula is C18H21N3O3. The first kappa shape index (κ1) is 16.2. The molecule has 126 valence electrons. The molecule has 0 saturated heterocycles. The van der Waals surface area contributed by atoms with Gasteiger partial charge in [-0.1, -0.05) is 17.7 Å². The third-order valence-electron chi connectivity index (χ3n) is 3.89. The number of aryl methyl sites for hydroxylation is 1. The zero-order valence-electron chi connectivity index (χ0n) is 14.2. The van der Waals surface area contributed by atoms with Gasteiger partial charge in [-0.2, -0.15) is 4.98 Å². The van der Waals surface area contributed by atoms with Crippen LogP contribution < -0.4 is 9.64 Å². The first-order valence-electron chi connectivity index (χ1n) is 8.18. The van der Waals surface area contributed by atoms with E-state index in [0.29, 0.717) is 19.2 Å². The summed E-state index contributed by atoms with van der Waals surface area (Å²) in [6.07, 6.45) is 2.43. The van der Waals surface area contributed by atoms with E-state index in [1.54, 1.807) is 6.92 Å². The Morgan fingerprint density at radius 1 is 1.29 bits per heavy atom. The fraction of sp³-hybridized carbons (Fsp3) is 0.389. The predicted octanol–water partition coefficient (Wildman–Crippen LogP) is 3.05. The predicted molar refractivity (Wildman–Crippen MR) is 91.0 cm³/mol. The van der Waals surface area contributed by atoms with E-state index in [1.807, 2.05) is 11.8 Å². The Morgan fingerprint density at radius 2 is 2.12 bits per heavy atom. The Balaban J connectivity index is 1.96. The number of hydrogen-bond acceptors (Lipinski definition) is 6. The van der Waals surface area contributed by atoms with Crippen LogP contribution in [0.15, 0.2) is 24.4 Å². The summed E-state index contributed by atoms with van der Waals surface area (Å²) in [5.74, 6) is 0.334. The second kappa shape index (κ2) is 6.86. The van der Waals surface area contributed by atoms with Gasteiger partial charge in [0.15, 0.2) is 0 Å². The monoisotopic (exact) mass is 327 g/mol. The number of nitrogens with zero attached hydrogens (tertiary/aromatic N) is 3. The Hall–Kier alpha value is -2.63. The minimum atomic E-state index is -0.468. The van der Waals surface area contributed by atoms with E-state index in [2.05, 4.69) is 35.1 Å². The Labute approximate surface area is 141 Å². The summed E-state index contributed by atoms with van der Waals surface area (Å²) >= 11 is 0. The lowest BCUT2D eigenvalue weighted by atomic mass is 10.1. The molecule has 0 aliphatic carbocycles.